The van der Waals surface area contributed by atoms with Crippen LogP contribution >= 0.6 is 11.8 Å². The molecule has 0 amide bonds. The van der Waals surface area contributed by atoms with Crippen molar-refractivity contribution < 1.29 is 5.11 Å². The number of hydrogen-bond acceptors (Lipinski definition) is 4. The fourth-order valence-corrected chi connectivity index (χ4v) is 1.16. The van der Waals surface area contributed by atoms with Crippen molar-refractivity contribution in [1.82, 2.24) is 9.97 Å². The second-order valence-electron chi connectivity index (χ2n) is 1.81. The molecule has 11 heavy (non-hydrogen) atoms. The number of nitrogens with one attached hydrogen (secondary N) is 1. The molecule has 1 aromatic rings. The summed E-state index contributed by atoms with van der Waals surface area (Å²) in [6, 6.07) is 1.35. The molecule has 0 radical (unpaired) electrons. The molecule has 4 nitrogen and oxygen atoms in total. The first-order chi connectivity index (χ1) is 5.33. The molecular formula is C6H8N2O2S. The summed E-state index contributed by atoms with van der Waals surface area (Å²) < 4.78 is 0. The van der Waals surface area contributed by atoms with E-state index in [1.807, 2.05) is 0 Å². The van der Waals surface area contributed by atoms with Crippen LogP contribution in [0.4, 0.5) is 0 Å². The molecule has 0 aliphatic carbocycles. The van der Waals surface area contributed by atoms with Crippen molar-refractivity contribution in [3.05, 3.63) is 22.6 Å². The van der Waals surface area contributed by atoms with E-state index in [1.165, 1.54) is 24.0 Å². The van der Waals surface area contributed by atoms with Gasteiger partial charge in [0.2, 0.25) is 0 Å². The second kappa shape index (κ2) is 4.15. The third kappa shape index (κ3) is 2.73. The maximum atomic E-state index is 10.7. The lowest BCUT2D eigenvalue weighted by Gasteiger charge is -1.95. The van der Waals surface area contributed by atoms with Crippen LogP contribution in [-0.2, 0) is 0 Å². The van der Waals surface area contributed by atoms with Gasteiger partial charge in [0.15, 0.2) is 5.16 Å². The summed E-state index contributed by atoms with van der Waals surface area (Å²) in [4.78, 5) is 17.1. The van der Waals surface area contributed by atoms with Gasteiger partial charge in [-0.2, -0.15) is 0 Å². The first-order valence-electron chi connectivity index (χ1n) is 3.12. The number of H-pyrrole nitrogens is 1. The number of aromatic nitrogens is 2. The summed E-state index contributed by atoms with van der Waals surface area (Å²) in [5.41, 5.74) is -0.166. The molecule has 0 atom stereocenters. The number of aliphatic hydroxyl groups is 1. The Kier molecular flexibility index (Phi) is 3.13. The molecule has 0 aromatic carbocycles. The van der Waals surface area contributed by atoms with Gasteiger partial charge in [0.1, 0.15) is 0 Å². The van der Waals surface area contributed by atoms with Crippen LogP contribution in [0, 0.1) is 0 Å². The van der Waals surface area contributed by atoms with E-state index in [-0.39, 0.29) is 12.2 Å². The van der Waals surface area contributed by atoms with Gasteiger partial charge in [0.25, 0.3) is 5.56 Å². The second-order valence-corrected chi connectivity index (χ2v) is 2.89. The van der Waals surface area contributed by atoms with Gasteiger partial charge in [-0.1, -0.05) is 11.8 Å². The molecule has 1 heterocycles. The highest BCUT2D eigenvalue weighted by molar-refractivity contribution is 7.99. The van der Waals surface area contributed by atoms with Crippen LogP contribution in [0.25, 0.3) is 0 Å². The lowest BCUT2D eigenvalue weighted by molar-refractivity contribution is 0.322. The normalized spacial score (nSPS) is 9.91. The molecule has 1 aromatic heterocycles. The number of aromatic amines is 1. The molecule has 0 spiro atoms. The molecule has 60 valence electrons. The SMILES string of the molecule is O=c1ccnc(SCCO)[nH]1. The molecule has 0 aliphatic rings. The van der Waals surface area contributed by atoms with Gasteiger partial charge < -0.3 is 10.1 Å². The Labute approximate surface area is 67.7 Å². The van der Waals surface area contributed by atoms with Gasteiger partial charge in [0.05, 0.1) is 6.61 Å². The van der Waals surface area contributed by atoms with Crippen LogP contribution in [0.15, 0.2) is 22.2 Å². The smallest absolute Gasteiger partial charge is 0.251 e. The van der Waals surface area contributed by atoms with E-state index in [0.29, 0.717) is 10.9 Å². The Hall–Kier alpha value is -0.810. The van der Waals surface area contributed by atoms with E-state index in [4.69, 9.17) is 5.11 Å². The lowest BCUT2D eigenvalue weighted by Crippen LogP contribution is -2.05. The summed E-state index contributed by atoms with van der Waals surface area (Å²) in [5, 5.41) is 9.00. The quantitative estimate of drug-likeness (QED) is 0.491. The Balaban J connectivity index is 2.64. The van der Waals surface area contributed by atoms with Gasteiger partial charge in [-0.3, -0.25) is 4.79 Å². The zero-order chi connectivity index (χ0) is 8.10. The van der Waals surface area contributed by atoms with Gasteiger partial charge >= 0.3 is 0 Å². The summed E-state index contributed by atoms with van der Waals surface area (Å²) in [7, 11) is 0. The van der Waals surface area contributed by atoms with Gasteiger partial charge in [-0.15, -0.1) is 0 Å². The van der Waals surface area contributed by atoms with Crippen LogP contribution in [0.1, 0.15) is 0 Å². The third-order valence-corrected chi connectivity index (χ3v) is 1.85. The molecular weight excluding hydrogens is 164 g/mol. The summed E-state index contributed by atoms with van der Waals surface area (Å²) >= 11 is 1.32. The molecule has 0 saturated heterocycles. The van der Waals surface area contributed by atoms with Crippen LogP contribution in [0.3, 0.4) is 0 Å². The van der Waals surface area contributed by atoms with E-state index < -0.39 is 0 Å². The largest absolute Gasteiger partial charge is 0.396 e. The fourth-order valence-electron chi connectivity index (χ4n) is 0.568. The lowest BCUT2D eigenvalue weighted by atomic mass is 10.7. The molecule has 5 heteroatoms. The van der Waals surface area contributed by atoms with Gasteiger partial charge in [-0.25, -0.2) is 4.98 Å². The minimum absolute atomic E-state index is 0.0866. The highest BCUT2D eigenvalue weighted by Crippen LogP contribution is 2.07. The van der Waals surface area contributed by atoms with E-state index >= 15 is 0 Å². The van der Waals surface area contributed by atoms with Crippen molar-refractivity contribution in [3.8, 4) is 0 Å². The summed E-state index contributed by atoms with van der Waals surface area (Å²) in [5.74, 6) is 0.549. The first-order valence-corrected chi connectivity index (χ1v) is 4.10. The van der Waals surface area contributed by atoms with Crippen molar-refractivity contribution in [3.63, 3.8) is 0 Å². The molecule has 0 unspecified atom stereocenters. The topological polar surface area (TPSA) is 66.0 Å². The fraction of sp³-hybridized carbons (Fsp3) is 0.333. The maximum Gasteiger partial charge on any atom is 0.251 e. The van der Waals surface area contributed by atoms with Crippen LogP contribution in [-0.4, -0.2) is 27.4 Å². The summed E-state index contributed by atoms with van der Waals surface area (Å²) in [6.07, 6.45) is 1.44. The number of rotatable bonds is 3. The zero-order valence-corrected chi connectivity index (χ0v) is 6.60. The molecule has 2 N–H and O–H groups in total. The van der Waals surface area contributed by atoms with E-state index in [1.54, 1.807) is 0 Å². The van der Waals surface area contributed by atoms with E-state index in [2.05, 4.69) is 9.97 Å². The minimum atomic E-state index is -0.166. The van der Waals surface area contributed by atoms with E-state index in [9.17, 15) is 4.79 Å². The average Bonchev–Trinajstić information content (AvgIpc) is 2.01. The van der Waals surface area contributed by atoms with Crippen molar-refractivity contribution in [2.24, 2.45) is 0 Å². The number of nitrogens with zero attached hydrogens (tertiary/aromatic N) is 1. The number of hydrogen-bond donors (Lipinski definition) is 2. The standard InChI is InChI=1S/C6H8N2O2S/c9-3-4-11-6-7-2-1-5(10)8-6/h1-2,9H,3-4H2,(H,7,8,10). The monoisotopic (exact) mass is 172 g/mol. The molecule has 0 fully saturated rings. The van der Waals surface area contributed by atoms with Crippen molar-refractivity contribution in [1.29, 1.82) is 0 Å². The van der Waals surface area contributed by atoms with Crippen LogP contribution in [0.5, 0.6) is 0 Å². The first kappa shape index (κ1) is 8.29. The Morgan fingerprint density at radius 2 is 2.55 bits per heavy atom. The van der Waals surface area contributed by atoms with Crippen LogP contribution < -0.4 is 5.56 Å². The Morgan fingerprint density at radius 1 is 1.73 bits per heavy atom. The number of aliphatic hydroxyl groups excluding tert-OH is 1. The van der Waals surface area contributed by atoms with Gasteiger partial charge in [0, 0.05) is 18.0 Å². The van der Waals surface area contributed by atoms with Gasteiger partial charge in [-0.05, 0) is 0 Å². The Morgan fingerprint density at radius 3 is 3.18 bits per heavy atom. The number of thioether (sulfide) groups is 1. The molecule has 0 aliphatic heterocycles. The molecule has 0 bridgehead atoms. The summed E-state index contributed by atoms with van der Waals surface area (Å²) in [6.45, 7) is 0.0866. The zero-order valence-electron chi connectivity index (χ0n) is 5.78. The average molecular weight is 172 g/mol. The van der Waals surface area contributed by atoms with Crippen LogP contribution in [0.2, 0.25) is 0 Å². The molecule has 1 rings (SSSR count). The minimum Gasteiger partial charge on any atom is -0.396 e. The van der Waals surface area contributed by atoms with E-state index in [0.717, 1.165) is 0 Å². The van der Waals surface area contributed by atoms with Crippen molar-refractivity contribution in [2.75, 3.05) is 12.4 Å². The Bertz CT molecular complexity index is 273. The van der Waals surface area contributed by atoms with Crippen molar-refractivity contribution in [2.45, 2.75) is 5.16 Å². The predicted octanol–water partition coefficient (Wildman–Crippen LogP) is -0.146. The highest BCUT2D eigenvalue weighted by atomic mass is 32.2. The molecule has 0 saturated carbocycles. The highest BCUT2D eigenvalue weighted by Gasteiger charge is 1.93. The third-order valence-electron chi connectivity index (χ3n) is 0.978. The maximum absolute atomic E-state index is 10.7. The predicted molar refractivity (Wildman–Crippen MR) is 42.7 cm³/mol. The van der Waals surface area contributed by atoms with Crippen molar-refractivity contribution >= 4 is 11.8 Å².